The van der Waals surface area contributed by atoms with Gasteiger partial charge in [0.15, 0.2) is 5.60 Å². The Labute approximate surface area is 215 Å². The second kappa shape index (κ2) is 9.21. The van der Waals surface area contributed by atoms with Gasteiger partial charge in [-0.3, -0.25) is 0 Å². The number of hydrogen-bond donors (Lipinski definition) is 1. The topological polar surface area (TPSA) is 60.2 Å². The first-order valence-electron chi connectivity index (χ1n) is 11.2. The average molecular weight is 524 g/mol. The summed E-state index contributed by atoms with van der Waals surface area (Å²) in [7, 11) is 3.21. The monoisotopic (exact) mass is 523 g/mol. The summed E-state index contributed by atoms with van der Waals surface area (Å²) in [5, 5.41) is 13.3. The number of ether oxygens (including phenoxy) is 1. The SMILES string of the molecule is COc1cc(-c2cccc(C(F)(F)F)c2)c2cc(C(O)(c3ccc(Cl)cc3)c3cncn3C)ccc2n1. The summed E-state index contributed by atoms with van der Waals surface area (Å²) in [5.74, 6) is 0.257. The van der Waals surface area contributed by atoms with Crippen molar-refractivity contribution in [2.45, 2.75) is 11.8 Å². The van der Waals surface area contributed by atoms with Crippen molar-refractivity contribution in [1.29, 1.82) is 0 Å². The fourth-order valence-electron chi connectivity index (χ4n) is 4.49. The van der Waals surface area contributed by atoms with E-state index in [4.69, 9.17) is 16.3 Å². The van der Waals surface area contributed by atoms with Gasteiger partial charge in [-0.2, -0.15) is 13.2 Å². The van der Waals surface area contributed by atoms with Crippen LogP contribution in [0, 0.1) is 0 Å². The number of aromatic nitrogens is 3. The summed E-state index contributed by atoms with van der Waals surface area (Å²) >= 11 is 6.10. The lowest BCUT2D eigenvalue weighted by atomic mass is 9.82. The molecule has 0 saturated carbocycles. The maximum Gasteiger partial charge on any atom is 0.416 e. The predicted octanol–water partition coefficient (Wildman–Crippen LogP) is 6.60. The lowest BCUT2D eigenvalue weighted by molar-refractivity contribution is -0.137. The Kier molecular flexibility index (Phi) is 6.17. The number of benzene rings is 3. The molecular formula is C28H21ClF3N3O2. The molecule has 0 bridgehead atoms. The van der Waals surface area contributed by atoms with Crippen LogP contribution in [0.4, 0.5) is 13.2 Å². The minimum atomic E-state index is -4.50. The third kappa shape index (κ3) is 4.43. The van der Waals surface area contributed by atoms with Crippen LogP contribution in [0.1, 0.15) is 22.4 Å². The molecule has 5 nitrogen and oxygen atoms in total. The van der Waals surface area contributed by atoms with Gasteiger partial charge < -0.3 is 14.4 Å². The highest BCUT2D eigenvalue weighted by atomic mass is 35.5. The van der Waals surface area contributed by atoms with Gasteiger partial charge in [0.05, 0.1) is 36.4 Å². The van der Waals surface area contributed by atoms with Gasteiger partial charge in [-0.05, 0) is 58.7 Å². The minimum absolute atomic E-state index is 0.257. The zero-order chi connectivity index (χ0) is 26.4. The smallest absolute Gasteiger partial charge is 0.416 e. The maximum absolute atomic E-state index is 13.5. The van der Waals surface area contributed by atoms with Crippen LogP contribution < -0.4 is 4.74 Å². The van der Waals surface area contributed by atoms with Crippen LogP contribution in [0.3, 0.4) is 0 Å². The molecular weight excluding hydrogens is 503 g/mol. The van der Waals surface area contributed by atoms with Gasteiger partial charge in [-0.25, -0.2) is 9.97 Å². The van der Waals surface area contributed by atoms with Crippen LogP contribution >= 0.6 is 11.6 Å². The molecule has 0 aliphatic carbocycles. The van der Waals surface area contributed by atoms with E-state index in [9.17, 15) is 18.3 Å². The molecule has 0 aliphatic rings. The van der Waals surface area contributed by atoms with E-state index in [2.05, 4.69) is 9.97 Å². The fraction of sp³-hybridized carbons (Fsp3) is 0.143. The van der Waals surface area contributed by atoms with Crippen molar-refractivity contribution < 1.29 is 23.0 Å². The van der Waals surface area contributed by atoms with E-state index < -0.39 is 17.3 Å². The van der Waals surface area contributed by atoms with Crippen LogP contribution in [0.15, 0.2) is 85.3 Å². The Hall–Kier alpha value is -3.88. The van der Waals surface area contributed by atoms with Crippen molar-refractivity contribution in [2.75, 3.05) is 7.11 Å². The van der Waals surface area contributed by atoms with Gasteiger partial charge in [0.25, 0.3) is 0 Å². The third-order valence-corrected chi connectivity index (χ3v) is 6.61. The number of halogens is 4. The summed E-state index contributed by atoms with van der Waals surface area (Å²) < 4.78 is 47.5. The Balaban J connectivity index is 1.79. The quantitative estimate of drug-likeness (QED) is 0.282. The highest BCUT2D eigenvalue weighted by Gasteiger charge is 2.37. The number of aliphatic hydroxyl groups is 1. The zero-order valence-electron chi connectivity index (χ0n) is 19.8. The number of fused-ring (bicyclic) bond motifs is 1. The summed E-state index contributed by atoms with van der Waals surface area (Å²) in [6, 6.07) is 18.6. The molecule has 0 spiro atoms. The molecule has 9 heteroatoms. The lowest BCUT2D eigenvalue weighted by Crippen LogP contribution is -2.31. The molecule has 188 valence electrons. The molecule has 37 heavy (non-hydrogen) atoms. The largest absolute Gasteiger partial charge is 0.481 e. The van der Waals surface area contributed by atoms with Crippen molar-refractivity contribution >= 4 is 22.5 Å². The van der Waals surface area contributed by atoms with E-state index in [0.717, 1.165) is 12.1 Å². The summed E-state index contributed by atoms with van der Waals surface area (Å²) in [6.45, 7) is 0. The maximum atomic E-state index is 13.5. The first kappa shape index (κ1) is 24.8. The lowest BCUT2D eigenvalue weighted by Gasteiger charge is -2.30. The van der Waals surface area contributed by atoms with E-state index in [1.165, 1.54) is 13.2 Å². The molecule has 0 aliphatic heterocycles. The minimum Gasteiger partial charge on any atom is -0.481 e. The van der Waals surface area contributed by atoms with Gasteiger partial charge in [-0.1, -0.05) is 41.9 Å². The van der Waals surface area contributed by atoms with Crippen LogP contribution in [-0.4, -0.2) is 26.8 Å². The Bertz CT molecular complexity index is 1600. The molecule has 0 amide bonds. The molecule has 2 heterocycles. The van der Waals surface area contributed by atoms with E-state index in [0.29, 0.717) is 43.9 Å². The molecule has 2 aromatic heterocycles. The van der Waals surface area contributed by atoms with Crippen molar-refractivity contribution in [3.05, 3.63) is 113 Å². The van der Waals surface area contributed by atoms with Crippen LogP contribution in [0.5, 0.6) is 5.88 Å². The second-order valence-electron chi connectivity index (χ2n) is 8.63. The number of hydrogen-bond acceptors (Lipinski definition) is 4. The van der Waals surface area contributed by atoms with E-state index >= 15 is 0 Å². The van der Waals surface area contributed by atoms with Crippen molar-refractivity contribution in [2.24, 2.45) is 7.05 Å². The van der Waals surface area contributed by atoms with Gasteiger partial charge in [-0.15, -0.1) is 0 Å². The summed E-state index contributed by atoms with van der Waals surface area (Å²) in [4.78, 5) is 8.66. The zero-order valence-corrected chi connectivity index (χ0v) is 20.5. The number of alkyl halides is 3. The highest BCUT2D eigenvalue weighted by molar-refractivity contribution is 6.30. The molecule has 0 fully saturated rings. The number of imidazole rings is 1. The predicted molar refractivity (Wildman–Crippen MR) is 135 cm³/mol. The molecule has 3 aromatic carbocycles. The molecule has 1 atom stereocenters. The average Bonchev–Trinajstić information content (AvgIpc) is 3.33. The van der Waals surface area contributed by atoms with Crippen molar-refractivity contribution in [3.63, 3.8) is 0 Å². The van der Waals surface area contributed by atoms with Crippen LogP contribution in [0.25, 0.3) is 22.0 Å². The van der Waals surface area contributed by atoms with E-state index in [1.807, 2.05) is 0 Å². The second-order valence-corrected chi connectivity index (χ2v) is 9.07. The number of methoxy groups -OCH3 is 1. The van der Waals surface area contributed by atoms with Gasteiger partial charge in [0.1, 0.15) is 0 Å². The molecule has 1 N–H and O–H groups in total. The number of nitrogens with zero attached hydrogens (tertiary/aromatic N) is 3. The first-order chi connectivity index (χ1) is 17.6. The van der Waals surface area contributed by atoms with Crippen LogP contribution in [0.2, 0.25) is 5.02 Å². The molecule has 0 saturated heterocycles. The van der Waals surface area contributed by atoms with Crippen molar-refractivity contribution in [3.8, 4) is 17.0 Å². The van der Waals surface area contributed by atoms with Crippen molar-refractivity contribution in [1.82, 2.24) is 14.5 Å². The van der Waals surface area contributed by atoms with Gasteiger partial charge >= 0.3 is 6.18 Å². The fourth-order valence-corrected chi connectivity index (χ4v) is 4.62. The summed E-state index contributed by atoms with van der Waals surface area (Å²) in [5.41, 5.74) is 0.433. The Morgan fingerprint density at radius 1 is 0.919 bits per heavy atom. The molecule has 5 aromatic rings. The normalized spacial score (nSPS) is 13.5. The van der Waals surface area contributed by atoms with Crippen LogP contribution in [-0.2, 0) is 18.8 Å². The highest BCUT2D eigenvalue weighted by Crippen LogP contribution is 2.41. The van der Waals surface area contributed by atoms with Gasteiger partial charge in [0, 0.05) is 23.5 Å². The first-order valence-corrected chi connectivity index (χ1v) is 11.6. The summed E-state index contributed by atoms with van der Waals surface area (Å²) in [6.07, 6.45) is -1.35. The van der Waals surface area contributed by atoms with Gasteiger partial charge in [0.2, 0.25) is 5.88 Å². The third-order valence-electron chi connectivity index (χ3n) is 6.36. The number of rotatable bonds is 5. The Morgan fingerprint density at radius 3 is 2.30 bits per heavy atom. The molecule has 1 unspecified atom stereocenters. The van der Waals surface area contributed by atoms with E-state index in [-0.39, 0.29) is 5.88 Å². The number of aryl methyl sites for hydroxylation is 1. The Morgan fingerprint density at radius 2 is 1.65 bits per heavy atom. The molecule has 0 radical (unpaired) electrons. The van der Waals surface area contributed by atoms with E-state index in [1.54, 1.807) is 78.7 Å². The molecule has 5 rings (SSSR count). The number of pyridine rings is 1. The standard InChI is InChI=1S/C28H21ClF3N3O2/c1-35-16-33-15-25(35)27(36,18-6-9-21(29)10-7-18)19-8-11-24-23(13-19)22(14-26(34-24)37-2)17-4-3-5-20(12-17)28(30,31)32/h3-16,36H,1-2H3.